The number of amides is 9. The number of rotatable bonds is 38. The van der Waals surface area contributed by atoms with Gasteiger partial charge >= 0.3 is 12.1 Å². The van der Waals surface area contributed by atoms with Crippen molar-refractivity contribution in [3.8, 4) is 0 Å². The van der Waals surface area contributed by atoms with Crippen molar-refractivity contribution in [1.29, 1.82) is 0 Å². The Hall–Kier alpha value is -9.44. The maximum absolute atomic E-state index is 14.1. The summed E-state index contributed by atoms with van der Waals surface area (Å²) < 4.78 is 11.1. The molecule has 0 aromatic heterocycles. The average molecular weight is 1640 g/mol. The van der Waals surface area contributed by atoms with Crippen molar-refractivity contribution in [1.82, 2.24) is 45.3 Å². The molecule has 0 spiro atoms. The van der Waals surface area contributed by atoms with E-state index in [1.165, 1.54) is 24.8 Å². The van der Waals surface area contributed by atoms with Crippen LogP contribution in [-0.2, 0) is 85.1 Å². The lowest BCUT2D eigenvalue weighted by Gasteiger charge is -2.37. The molecule has 22 nitrogen and oxygen atoms in total. The average Bonchev–Trinajstić information content (AvgIpc) is 1.78. The monoisotopic (exact) mass is 1640 g/mol. The van der Waals surface area contributed by atoms with Gasteiger partial charge in [-0.05, 0) is 134 Å². The molecule has 3 aliphatic heterocycles. The molecule has 3 saturated heterocycles. The molecule has 119 heavy (non-hydrogen) atoms. The van der Waals surface area contributed by atoms with Crippen molar-refractivity contribution in [3.63, 3.8) is 0 Å². The van der Waals surface area contributed by atoms with Crippen molar-refractivity contribution in [2.24, 2.45) is 40.2 Å². The molecule has 22 heteroatoms. The quantitative estimate of drug-likeness (QED) is 0.0268. The lowest BCUT2D eigenvalue weighted by atomic mass is 9.84. The van der Waals surface area contributed by atoms with Crippen LogP contribution in [0.25, 0.3) is 0 Å². The second-order valence-corrected chi connectivity index (χ2v) is 35.4. The van der Waals surface area contributed by atoms with Gasteiger partial charge in [0.15, 0.2) is 0 Å². The predicted molar refractivity (Wildman–Crippen MR) is 469 cm³/mol. The van der Waals surface area contributed by atoms with Gasteiger partial charge in [-0.1, -0.05) is 267 Å². The third-order valence-electron chi connectivity index (χ3n) is 24.1. The van der Waals surface area contributed by atoms with Gasteiger partial charge in [0.1, 0.15) is 31.3 Å². The summed E-state index contributed by atoms with van der Waals surface area (Å²) in [5.74, 6) is -1.06. The topological polar surface area (TPSA) is 271 Å². The molecular formula is C97H142N10O12. The number of ether oxygens (including phenoxy) is 2. The Bertz CT molecular complexity index is 3910. The predicted octanol–water partition coefficient (Wildman–Crippen LogP) is 14.5. The first-order valence-electron chi connectivity index (χ1n) is 44.4. The van der Waals surface area contributed by atoms with Crippen molar-refractivity contribution < 1.29 is 57.4 Å². The van der Waals surface area contributed by atoms with Crippen molar-refractivity contribution in [2.75, 3.05) is 65.4 Å². The summed E-state index contributed by atoms with van der Waals surface area (Å²) in [6, 6.07) is 47.3. The normalized spacial score (nSPS) is 17.6. The van der Waals surface area contributed by atoms with Gasteiger partial charge in [0.25, 0.3) is 0 Å². The van der Waals surface area contributed by atoms with Gasteiger partial charge < -0.3 is 60.6 Å². The standard InChI is InChI=1S/C35H49N3O5.C35H49N3O4.C27H44N4O3/c1-6-26(2)33(41)36-32(35(3,4)5)34(42)38-22-13-18-29(38)24-37(23-21-27-14-9-7-10-15-27)30(39)19-20-31(40)43-25-28-16-11-8-12-17-28;1-3-27(2)33(39)36-32(24-29-16-9-5-10-17-29)34(40)38-22-13-20-31(38)25-37(23-21-28-14-7-4-8-15-28)35(41)42-26-30-18-11-6-12-19-30;1-6-20(2)25(33)29-24(27(3,4)5)26(34)31-17-11-15-22(31)19-30(23(32)18-28)16-10-14-21-12-8-7-9-13-21/h7-12,14-17,26,29,32H,6,13,18-25H2,1-5H3,(H,36,41);4,6-8,11-12,14-15,18-19,27,29,31-32H,3,5,9-10,13,16-17,20-26H2,1-2H3,(H,36,39);7-9,12-13,20,22,24H,6,10-11,14-19,28H2,1-5H3,(H,29,33)/t26-,29+,32-;27-,31+,32+;20-,22+,24-/m111/s1. The zero-order chi connectivity index (χ0) is 86.4. The lowest BCUT2D eigenvalue weighted by molar-refractivity contribution is -0.147. The summed E-state index contributed by atoms with van der Waals surface area (Å²) in [7, 11) is 0. The van der Waals surface area contributed by atoms with Gasteiger partial charge in [0.2, 0.25) is 47.3 Å². The number of likely N-dealkylation sites (tertiary alicyclic amines) is 3. The molecule has 0 unspecified atom stereocenters. The fraction of sp³-hybridized carbons (Fsp3) is 0.588. The smallest absolute Gasteiger partial charge is 0.410 e. The van der Waals surface area contributed by atoms with Crippen LogP contribution < -0.4 is 21.7 Å². The summed E-state index contributed by atoms with van der Waals surface area (Å²) in [6.07, 6.45) is 16.6. The number of esters is 1. The highest BCUT2D eigenvalue weighted by Gasteiger charge is 2.44. The van der Waals surface area contributed by atoms with E-state index in [9.17, 15) is 47.9 Å². The van der Waals surface area contributed by atoms with Crippen LogP contribution in [0.4, 0.5) is 4.79 Å². The molecule has 1 aliphatic carbocycles. The minimum Gasteiger partial charge on any atom is -0.461 e. The fourth-order valence-electron chi connectivity index (χ4n) is 15.9. The molecular weight excluding hydrogens is 1500 g/mol. The zero-order valence-electron chi connectivity index (χ0n) is 73.7. The van der Waals surface area contributed by atoms with Crippen LogP contribution in [0.5, 0.6) is 0 Å². The van der Waals surface area contributed by atoms with Crippen LogP contribution in [0.3, 0.4) is 0 Å². The number of carbonyl (C=O) groups excluding carboxylic acids is 10. The Labute approximate surface area is 710 Å². The number of aryl methyl sites for hydroxylation is 1. The van der Waals surface area contributed by atoms with Crippen LogP contribution in [0, 0.1) is 34.5 Å². The molecule has 652 valence electrons. The molecule has 1 saturated carbocycles. The van der Waals surface area contributed by atoms with Crippen LogP contribution in [0.15, 0.2) is 152 Å². The van der Waals surface area contributed by atoms with E-state index in [0.29, 0.717) is 90.5 Å². The molecule has 0 bridgehead atoms. The van der Waals surface area contributed by atoms with Crippen LogP contribution in [0.2, 0.25) is 0 Å². The molecule has 5 N–H and O–H groups in total. The van der Waals surface area contributed by atoms with E-state index < -0.39 is 34.9 Å². The van der Waals surface area contributed by atoms with E-state index in [1.54, 1.807) is 9.80 Å². The van der Waals surface area contributed by atoms with E-state index in [0.717, 1.165) is 99.3 Å². The van der Waals surface area contributed by atoms with Crippen LogP contribution in [-0.4, -0.2) is 190 Å². The second-order valence-electron chi connectivity index (χ2n) is 35.4. The van der Waals surface area contributed by atoms with Gasteiger partial charge in [-0.15, -0.1) is 0 Å². The third kappa shape index (κ3) is 32.2. The Morgan fingerprint density at radius 2 is 0.782 bits per heavy atom. The molecule has 9 atom stereocenters. The highest BCUT2D eigenvalue weighted by Crippen LogP contribution is 2.32. The van der Waals surface area contributed by atoms with E-state index in [4.69, 9.17) is 15.2 Å². The molecule has 4 fully saturated rings. The highest BCUT2D eigenvalue weighted by atomic mass is 16.6. The van der Waals surface area contributed by atoms with E-state index in [2.05, 4.69) is 40.2 Å². The Morgan fingerprint density at radius 1 is 0.420 bits per heavy atom. The minimum atomic E-state index is -0.664. The second kappa shape index (κ2) is 50.0. The number of hydrogen-bond acceptors (Lipinski definition) is 13. The molecule has 5 aromatic carbocycles. The number of nitrogens with one attached hydrogen (secondary N) is 3. The molecule has 4 aliphatic rings. The summed E-state index contributed by atoms with van der Waals surface area (Å²) in [4.78, 5) is 143. The number of nitrogens with two attached hydrogens (primary N) is 1. The Morgan fingerprint density at radius 3 is 1.18 bits per heavy atom. The summed E-state index contributed by atoms with van der Waals surface area (Å²) in [5.41, 5.74) is 10.1. The van der Waals surface area contributed by atoms with Gasteiger partial charge in [-0.3, -0.25) is 43.2 Å². The lowest BCUT2D eigenvalue weighted by Crippen LogP contribution is -2.58. The van der Waals surface area contributed by atoms with Gasteiger partial charge in [0, 0.05) is 101 Å². The molecule has 5 aromatic rings. The number of hydrogen-bond donors (Lipinski definition) is 4. The first kappa shape index (κ1) is 96.7. The summed E-state index contributed by atoms with van der Waals surface area (Å²) in [5, 5.41) is 9.17. The van der Waals surface area contributed by atoms with E-state index in [-0.39, 0.29) is 122 Å². The molecule has 3 heterocycles. The number of benzene rings is 5. The van der Waals surface area contributed by atoms with E-state index >= 15 is 0 Å². The maximum atomic E-state index is 14.1. The number of carbonyl (C=O) groups is 10. The number of nitrogens with zero attached hydrogens (tertiary/aromatic N) is 6. The highest BCUT2D eigenvalue weighted by molar-refractivity contribution is 5.91. The third-order valence-corrected chi connectivity index (χ3v) is 24.1. The first-order chi connectivity index (χ1) is 57.0. The summed E-state index contributed by atoms with van der Waals surface area (Å²) >= 11 is 0. The molecule has 9 amide bonds. The molecule has 0 radical (unpaired) electrons. The Balaban J connectivity index is 0.000000248. The minimum absolute atomic E-state index is 0.000360. The first-order valence-corrected chi connectivity index (χ1v) is 44.4. The van der Waals surface area contributed by atoms with E-state index in [1.807, 2.05) is 230 Å². The van der Waals surface area contributed by atoms with Gasteiger partial charge in [0.05, 0.1) is 13.0 Å². The van der Waals surface area contributed by atoms with Gasteiger partial charge in [-0.25, -0.2) is 4.79 Å². The largest absolute Gasteiger partial charge is 0.461 e. The van der Waals surface area contributed by atoms with Gasteiger partial charge in [-0.2, -0.15) is 0 Å². The summed E-state index contributed by atoms with van der Waals surface area (Å²) in [6.45, 7) is 28.5. The molecule has 9 rings (SSSR count). The van der Waals surface area contributed by atoms with Crippen LogP contribution >= 0.6 is 0 Å². The SMILES string of the molecule is CC[C@@H](C)C(=O)N[C@@H](CC1CCCCC1)C(=O)N1CCC[C@H]1CN(CCc1ccccc1)C(=O)OCc1ccccc1.CC[C@@H](C)C(=O)N[C@H](C(=O)N1CCC[C@H]1CN(CCCc1ccccc1)C(=O)CN)C(C)(C)C.CC[C@@H](C)C(=O)N[C@H](C(=O)N1CCC[C@H]1CN(CCc1ccccc1)C(=O)CCC(=O)OCc1ccccc1)C(C)(C)C. The van der Waals surface area contributed by atoms with Crippen LogP contribution in [0.1, 0.15) is 226 Å². The zero-order valence-corrected chi connectivity index (χ0v) is 73.7. The van der Waals surface area contributed by atoms with Crippen molar-refractivity contribution in [3.05, 3.63) is 179 Å². The van der Waals surface area contributed by atoms with Crippen molar-refractivity contribution in [2.45, 2.75) is 267 Å². The Kier molecular flexibility index (Phi) is 40.6. The fourth-order valence-corrected chi connectivity index (χ4v) is 15.9. The maximum Gasteiger partial charge on any atom is 0.410 e. The van der Waals surface area contributed by atoms with Crippen molar-refractivity contribution >= 4 is 59.3 Å².